The minimum atomic E-state index is -0.407. The second-order valence-electron chi connectivity index (χ2n) is 5.49. The third-order valence-corrected chi connectivity index (χ3v) is 4.13. The van der Waals surface area contributed by atoms with Crippen LogP contribution in [0.25, 0.3) is 0 Å². The molecule has 0 bridgehead atoms. The average molecular weight is 340 g/mol. The van der Waals surface area contributed by atoms with Crippen molar-refractivity contribution < 1.29 is 9.84 Å². The fourth-order valence-corrected chi connectivity index (χ4v) is 2.67. The van der Waals surface area contributed by atoms with Crippen LogP contribution in [0.1, 0.15) is 25.3 Å². The summed E-state index contributed by atoms with van der Waals surface area (Å²) in [5.41, 5.74) is -0.243. The summed E-state index contributed by atoms with van der Waals surface area (Å²) in [5.74, 6) is -0.109. The SMILES string of the molecule is CCCCn1c(O)c(C=NCCN2CCOCC2)c(=O)[nH]c1=S. The first-order valence-electron chi connectivity index (χ1n) is 7.99. The fraction of sp³-hybridized carbons (Fsp3) is 0.667. The molecule has 1 fully saturated rings. The van der Waals surface area contributed by atoms with E-state index in [9.17, 15) is 9.90 Å². The van der Waals surface area contributed by atoms with Crippen LogP contribution in [0, 0.1) is 4.77 Å². The number of rotatable bonds is 7. The lowest BCUT2D eigenvalue weighted by Gasteiger charge is -2.25. The smallest absolute Gasteiger partial charge is 0.264 e. The van der Waals surface area contributed by atoms with E-state index >= 15 is 0 Å². The van der Waals surface area contributed by atoms with Crippen molar-refractivity contribution in [1.29, 1.82) is 0 Å². The fourth-order valence-electron chi connectivity index (χ4n) is 2.39. The Morgan fingerprint density at radius 3 is 2.83 bits per heavy atom. The Morgan fingerprint density at radius 2 is 2.13 bits per heavy atom. The molecule has 0 saturated carbocycles. The molecule has 0 aliphatic carbocycles. The summed E-state index contributed by atoms with van der Waals surface area (Å²) in [7, 11) is 0. The highest BCUT2D eigenvalue weighted by Crippen LogP contribution is 2.12. The zero-order chi connectivity index (χ0) is 16.7. The number of nitrogens with one attached hydrogen (secondary N) is 1. The summed E-state index contributed by atoms with van der Waals surface area (Å²) >= 11 is 5.11. The summed E-state index contributed by atoms with van der Waals surface area (Å²) in [6.45, 7) is 7.33. The number of H-pyrrole nitrogens is 1. The number of aromatic hydroxyl groups is 1. The molecule has 0 amide bonds. The summed E-state index contributed by atoms with van der Waals surface area (Å²) in [4.78, 5) is 21.1. The summed E-state index contributed by atoms with van der Waals surface area (Å²) < 4.78 is 7.08. The molecule has 23 heavy (non-hydrogen) atoms. The molecule has 1 aromatic rings. The van der Waals surface area contributed by atoms with Gasteiger partial charge in [0, 0.05) is 32.4 Å². The number of aliphatic imine (C=N–C) groups is 1. The molecule has 7 nitrogen and oxygen atoms in total. The van der Waals surface area contributed by atoms with Crippen LogP contribution in [0.5, 0.6) is 5.88 Å². The van der Waals surface area contributed by atoms with E-state index in [4.69, 9.17) is 17.0 Å². The van der Waals surface area contributed by atoms with Crippen LogP contribution in [0.4, 0.5) is 0 Å². The lowest BCUT2D eigenvalue weighted by Crippen LogP contribution is -2.37. The first kappa shape index (κ1) is 17.8. The van der Waals surface area contributed by atoms with E-state index in [0.29, 0.717) is 13.1 Å². The van der Waals surface area contributed by atoms with Crippen LogP contribution in [-0.2, 0) is 11.3 Å². The van der Waals surface area contributed by atoms with Gasteiger partial charge in [0.1, 0.15) is 5.56 Å². The molecule has 0 spiro atoms. The van der Waals surface area contributed by atoms with Crippen LogP contribution in [0.15, 0.2) is 9.79 Å². The Balaban J connectivity index is 2.04. The van der Waals surface area contributed by atoms with Crippen LogP contribution in [0.2, 0.25) is 0 Å². The summed E-state index contributed by atoms with van der Waals surface area (Å²) in [6.07, 6.45) is 3.29. The van der Waals surface area contributed by atoms with Gasteiger partial charge in [-0.3, -0.25) is 24.2 Å². The van der Waals surface area contributed by atoms with Crippen molar-refractivity contribution in [2.24, 2.45) is 4.99 Å². The molecular weight excluding hydrogens is 316 g/mol. The van der Waals surface area contributed by atoms with E-state index in [1.165, 1.54) is 6.21 Å². The molecule has 8 heteroatoms. The molecule has 0 radical (unpaired) electrons. The first-order chi connectivity index (χ1) is 11.1. The number of unbranched alkanes of at least 4 members (excludes halogenated alkanes) is 1. The number of aromatic nitrogens is 2. The second-order valence-corrected chi connectivity index (χ2v) is 5.88. The minimum absolute atomic E-state index is 0.109. The van der Waals surface area contributed by atoms with Gasteiger partial charge < -0.3 is 9.84 Å². The molecule has 128 valence electrons. The number of hydrogen-bond acceptors (Lipinski definition) is 6. The van der Waals surface area contributed by atoms with Crippen molar-refractivity contribution in [1.82, 2.24) is 14.5 Å². The molecule has 0 atom stereocenters. The van der Waals surface area contributed by atoms with Crippen LogP contribution < -0.4 is 5.56 Å². The van der Waals surface area contributed by atoms with E-state index in [2.05, 4.69) is 21.8 Å². The Labute approximate surface area is 140 Å². The molecule has 2 N–H and O–H groups in total. The van der Waals surface area contributed by atoms with Gasteiger partial charge >= 0.3 is 0 Å². The molecule has 1 aromatic heterocycles. The number of hydrogen-bond donors (Lipinski definition) is 2. The summed E-state index contributed by atoms with van der Waals surface area (Å²) in [6, 6.07) is 0. The van der Waals surface area contributed by atoms with Crippen LogP contribution >= 0.6 is 12.2 Å². The van der Waals surface area contributed by atoms with Crippen LogP contribution in [-0.4, -0.2) is 65.2 Å². The molecule has 0 aromatic carbocycles. The van der Waals surface area contributed by atoms with E-state index < -0.39 is 5.56 Å². The van der Waals surface area contributed by atoms with Gasteiger partial charge in [-0.2, -0.15) is 0 Å². The van der Waals surface area contributed by atoms with E-state index in [1.807, 2.05) is 0 Å². The van der Waals surface area contributed by atoms with Crippen molar-refractivity contribution in [2.75, 3.05) is 39.4 Å². The van der Waals surface area contributed by atoms with Crippen LogP contribution in [0.3, 0.4) is 0 Å². The molecule has 1 saturated heterocycles. The van der Waals surface area contributed by atoms with Crippen molar-refractivity contribution in [3.8, 4) is 5.88 Å². The van der Waals surface area contributed by atoms with Gasteiger partial charge in [0.05, 0.1) is 19.8 Å². The first-order valence-corrected chi connectivity index (χ1v) is 8.40. The normalized spacial score (nSPS) is 16.2. The van der Waals surface area contributed by atoms with Gasteiger partial charge in [-0.25, -0.2) is 0 Å². The molecule has 1 aliphatic heterocycles. The number of nitrogens with zero attached hydrogens (tertiary/aromatic N) is 3. The third kappa shape index (κ3) is 4.98. The molecule has 0 unspecified atom stereocenters. The largest absolute Gasteiger partial charge is 0.494 e. The predicted octanol–water partition coefficient (Wildman–Crippen LogP) is 1.16. The maximum absolute atomic E-state index is 12.0. The van der Waals surface area contributed by atoms with Crippen molar-refractivity contribution >= 4 is 18.4 Å². The van der Waals surface area contributed by atoms with Gasteiger partial charge in [0.2, 0.25) is 5.88 Å². The van der Waals surface area contributed by atoms with Crippen molar-refractivity contribution in [3.05, 3.63) is 20.7 Å². The highest BCUT2D eigenvalue weighted by molar-refractivity contribution is 7.71. The van der Waals surface area contributed by atoms with E-state index in [0.717, 1.165) is 45.7 Å². The van der Waals surface area contributed by atoms with E-state index in [-0.39, 0.29) is 16.2 Å². The molecule has 2 heterocycles. The van der Waals surface area contributed by atoms with E-state index in [1.54, 1.807) is 4.57 Å². The van der Waals surface area contributed by atoms with Crippen molar-refractivity contribution in [3.63, 3.8) is 0 Å². The average Bonchev–Trinajstić information content (AvgIpc) is 2.54. The standard InChI is InChI=1S/C15H24N4O3S/c1-2-3-5-19-14(21)12(13(20)17-15(19)23)11-16-4-6-18-7-9-22-10-8-18/h11,21H,2-10H2,1H3,(H,17,20,23). The molecule has 2 rings (SSSR count). The summed E-state index contributed by atoms with van der Waals surface area (Å²) in [5, 5.41) is 10.3. The highest BCUT2D eigenvalue weighted by Gasteiger charge is 2.11. The minimum Gasteiger partial charge on any atom is -0.494 e. The second kappa shape index (κ2) is 8.95. The van der Waals surface area contributed by atoms with Gasteiger partial charge in [0.25, 0.3) is 5.56 Å². The highest BCUT2D eigenvalue weighted by atomic mass is 32.1. The van der Waals surface area contributed by atoms with Crippen molar-refractivity contribution in [2.45, 2.75) is 26.3 Å². The monoisotopic (exact) mass is 340 g/mol. The lowest BCUT2D eigenvalue weighted by molar-refractivity contribution is 0.0395. The van der Waals surface area contributed by atoms with Gasteiger partial charge in [-0.05, 0) is 18.6 Å². The Bertz CT molecular complexity index is 647. The maximum Gasteiger partial charge on any atom is 0.264 e. The third-order valence-electron chi connectivity index (χ3n) is 3.81. The Hall–Kier alpha value is -1.51. The molecule has 1 aliphatic rings. The lowest BCUT2D eigenvalue weighted by atomic mass is 10.3. The molecular formula is C15H24N4O3S. The Kier molecular flexibility index (Phi) is 6.94. The quantitative estimate of drug-likeness (QED) is 0.575. The maximum atomic E-state index is 12.0. The topological polar surface area (TPSA) is 82.8 Å². The van der Waals surface area contributed by atoms with Gasteiger partial charge in [-0.1, -0.05) is 13.3 Å². The van der Waals surface area contributed by atoms with Gasteiger partial charge in [-0.15, -0.1) is 0 Å². The zero-order valence-electron chi connectivity index (χ0n) is 13.5. The zero-order valence-corrected chi connectivity index (χ0v) is 14.3. The number of ether oxygens (including phenoxy) is 1. The number of aromatic amines is 1. The predicted molar refractivity (Wildman–Crippen MR) is 92.2 cm³/mol. The van der Waals surface area contributed by atoms with Gasteiger partial charge in [0.15, 0.2) is 4.77 Å². The Morgan fingerprint density at radius 1 is 1.39 bits per heavy atom. The number of morpholine rings is 1.